The third kappa shape index (κ3) is 7.46. The first-order valence-corrected chi connectivity index (χ1v) is 3.72. The molecule has 0 aliphatic rings. The smallest absolute Gasteiger partial charge is 0.317 e. The lowest BCUT2D eigenvalue weighted by Gasteiger charge is -2.12. The Bertz CT molecular complexity index is 129. The molecule has 0 aromatic carbocycles. The van der Waals surface area contributed by atoms with Gasteiger partial charge in [0.25, 0.3) is 0 Å². The van der Waals surface area contributed by atoms with Gasteiger partial charge < -0.3 is 14.6 Å². The molecule has 0 aliphatic heterocycles. The van der Waals surface area contributed by atoms with Gasteiger partial charge in [-0.3, -0.25) is 10.1 Å². The molecule has 0 aliphatic carbocycles. The van der Waals surface area contributed by atoms with Crippen molar-refractivity contribution < 1.29 is 19.4 Å². The molecule has 0 bridgehead atoms. The Morgan fingerprint density at radius 3 is 2.75 bits per heavy atom. The fourth-order valence-electron chi connectivity index (χ4n) is 0.598. The van der Waals surface area contributed by atoms with E-state index in [1.165, 1.54) is 0 Å². The molecule has 0 heterocycles. The van der Waals surface area contributed by atoms with E-state index in [-0.39, 0.29) is 12.8 Å². The molecule has 0 aromatic rings. The highest BCUT2D eigenvalue weighted by Crippen LogP contribution is 1.84. The molecule has 0 rings (SSSR count). The molecule has 0 spiro atoms. The molecule has 12 heavy (non-hydrogen) atoms. The number of aliphatic carboxylic acids is 1. The minimum atomic E-state index is -0.891. The summed E-state index contributed by atoms with van der Waals surface area (Å²) in [5.41, 5.74) is 0. The van der Waals surface area contributed by atoms with Crippen molar-refractivity contribution in [1.82, 2.24) is 5.32 Å². The summed E-state index contributed by atoms with van der Waals surface area (Å²) in [5, 5.41) is 11.0. The van der Waals surface area contributed by atoms with Crippen LogP contribution in [0, 0.1) is 0 Å². The van der Waals surface area contributed by atoms with Crippen molar-refractivity contribution in [3.8, 4) is 0 Å². The van der Waals surface area contributed by atoms with Crippen LogP contribution in [0.5, 0.6) is 0 Å². The molecule has 5 nitrogen and oxygen atoms in total. The number of carboxylic acids is 1. The zero-order valence-electron chi connectivity index (χ0n) is 7.37. The average molecular weight is 177 g/mol. The summed E-state index contributed by atoms with van der Waals surface area (Å²) in [6, 6.07) is 0. The molecule has 0 saturated carbocycles. The van der Waals surface area contributed by atoms with Crippen LogP contribution < -0.4 is 5.32 Å². The molecule has 0 amide bonds. The third-order valence-corrected chi connectivity index (χ3v) is 1.20. The maximum Gasteiger partial charge on any atom is 0.317 e. The standard InChI is InChI=1S/C7H15NO4/c1-6(8-5-7(9)10)12-4-3-11-2/h6,8H,3-5H2,1-2H3,(H,9,10). The van der Waals surface area contributed by atoms with Crippen molar-refractivity contribution >= 4 is 5.97 Å². The lowest BCUT2D eigenvalue weighted by atomic mass is 10.5. The molecule has 0 fully saturated rings. The van der Waals surface area contributed by atoms with Crippen molar-refractivity contribution in [1.29, 1.82) is 0 Å². The molecule has 1 unspecified atom stereocenters. The molecule has 0 radical (unpaired) electrons. The topological polar surface area (TPSA) is 67.8 Å². The Morgan fingerprint density at radius 2 is 2.25 bits per heavy atom. The fraction of sp³-hybridized carbons (Fsp3) is 0.857. The number of carbonyl (C=O) groups is 1. The summed E-state index contributed by atoms with van der Waals surface area (Å²) in [5.74, 6) is -0.891. The van der Waals surface area contributed by atoms with Gasteiger partial charge in [-0.1, -0.05) is 0 Å². The van der Waals surface area contributed by atoms with Gasteiger partial charge in [-0.05, 0) is 6.92 Å². The monoisotopic (exact) mass is 177 g/mol. The zero-order chi connectivity index (χ0) is 9.40. The van der Waals surface area contributed by atoms with Crippen LogP contribution in [0.4, 0.5) is 0 Å². The van der Waals surface area contributed by atoms with Crippen LogP contribution in [0.2, 0.25) is 0 Å². The zero-order valence-corrected chi connectivity index (χ0v) is 7.37. The fourth-order valence-corrected chi connectivity index (χ4v) is 0.598. The number of hydrogen-bond acceptors (Lipinski definition) is 4. The summed E-state index contributed by atoms with van der Waals surface area (Å²) in [6.45, 7) is 2.64. The number of nitrogens with one attached hydrogen (secondary N) is 1. The number of carboxylic acid groups (broad SMARTS) is 1. The Kier molecular flexibility index (Phi) is 6.64. The second-order valence-electron chi connectivity index (χ2n) is 2.28. The van der Waals surface area contributed by atoms with Crippen molar-refractivity contribution in [2.45, 2.75) is 13.2 Å². The van der Waals surface area contributed by atoms with Crippen LogP contribution in [0.15, 0.2) is 0 Å². The average Bonchev–Trinajstić information content (AvgIpc) is 2.01. The van der Waals surface area contributed by atoms with E-state index in [2.05, 4.69) is 5.32 Å². The van der Waals surface area contributed by atoms with Crippen LogP contribution in [0.3, 0.4) is 0 Å². The van der Waals surface area contributed by atoms with Gasteiger partial charge in [0, 0.05) is 7.11 Å². The van der Waals surface area contributed by atoms with Crippen molar-refractivity contribution in [2.75, 3.05) is 26.9 Å². The molecular weight excluding hydrogens is 162 g/mol. The number of rotatable bonds is 7. The Morgan fingerprint density at radius 1 is 1.58 bits per heavy atom. The van der Waals surface area contributed by atoms with Crippen LogP contribution in [-0.2, 0) is 14.3 Å². The molecule has 1 atom stereocenters. The lowest BCUT2D eigenvalue weighted by molar-refractivity contribution is -0.136. The largest absolute Gasteiger partial charge is 0.480 e. The quantitative estimate of drug-likeness (QED) is 0.411. The van der Waals surface area contributed by atoms with E-state index < -0.39 is 5.97 Å². The van der Waals surface area contributed by atoms with Crippen LogP contribution in [-0.4, -0.2) is 44.2 Å². The van der Waals surface area contributed by atoms with Gasteiger partial charge in [0.2, 0.25) is 0 Å². The first kappa shape index (κ1) is 11.4. The molecule has 0 saturated heterocycles. The van der Waals surface area contributed by atoms with Crippen molar-refractivity contribution in [2.24, 2.45) is 0 Å². The van der Waals surface area contributed by atoms with Crippen molar-refractivity contribution in [3.05, 3.63) is 0 Å². The van der Waals surface area contributed by atoms with Crippen LogP contribution >= 0.6 is 0 Å². The molecular formula is C7H15NO4. The van der Waals surface area contributed by atoms with Crippen LogP contribution in [0.25, 0.3) is 0 Å². The van der Waals surface area contributed by atoms with E-state index >= 15 is 0 Å². The van der Waals surface area contributed by atoms with Gasteiger partial charge in [0.05, 0.1) is 19.8 Å². The first-order chi connectivity index (χ1) is 5.66. The Hall–Kier alpha value is -0.650. The summed E-state index contributed by atoms with van der Waals surface area (Å²) >= 11 is 0. The lowest BCUT2D eigenvalue weighted by Crippen LogP contribution is -2.34. The van der Waals surface area contributed by atoms with Gasteiger partial charge >= 0.3 is 5.97 Å². The van der Waals surface area contributed by atoms with E-state index in [0.717, 1.165) is 0 Å². The number of ether oxygens (including phenoxy) is 2. The number of hydrogen-bond donors (Lipinski definition) is 2. The molecule has 0 aromatic heterocycles. The Balaban J connectivity index is 3.21. The minimum absolute atomic E-state index is 0.0891. The molecule has 2 N–H and O–H groups in total. The van der Waals surface area contributed by atoms with E-state index in [1.807, 2.05) is 0 Å². The Labute approximate surface area is 71.7 Å². The van der Waals surface area contributed by atoms with E-state index in [4.69, 9.17) is 14.6 Å². The van der Waals surface area contributed by atoms with E-state index in [0.29, 0.717) is 13.2 Å². The van der Waals surface area contributed by atoms with Gasteiger partial charge in [0.1, 0.15) is 6.23 Å². The predicted octanol–water partition coefficient (Wildman–Crippen LogP) is -0.330. The number of methoxy groups -OCH3 is 1. The highest BCUT2D eigenvalue weighted by Gasteiger charge is 2.02. The SMILES string of the molecule is COCCOC(C)NCC(=O)O. The van der Waals surface area contributed by atoms with Gasteiger partial charge in [-0.15, -0.1) is 0 Å². The first-order valence-electron chi connectivity index (χ1n) is 3.72. The van der Waals surface area contributed by atoms with Gasteiger partial charge in [0.15, 0.2) is 0 Å². The summed E-state index contributed by atoms with van der Waals surface area (Å²) in [4.78, 5) is 10.1. The highest BCUT2D eigenvalue weighted by molar-refractivity contribution is 5.68. The van der Waals surface area contributed by atoms with Gasteiger partial charge in [-0.2, -0.15) is 0 Å². The molecule has 72 valence electrons. The maximum atomic E-state index is 10.1. The third-order valence-electron chi connectivity index (χ3n) is 1.20. The summed E-state index contributed by atoms with van der Waals surface area (Å²) in [6.07, 6.45) is -0.253. The predicted molar refractivity (Wildman–Crippen MR) is 42.9 cm³/mol. The van der Waals surface area contributed by atoms with Gasteiger partial charge in [-0.25, -0.2) is 0 Å². The van der Waals surface area contributed by atoms with Crippen LogP contribution in [0.1, 0.15) is 6.92 Å². The highest BCUT2D eigenvalue weighted by atomic mass is 16.5. The second kappa shape index (κ2) is 7.02. The second-order valence-corrected chi connectivity index (χ2v) is 2.28. The minimum Gasteiger partial charge on any atom is -0.480 e. The van der Waals surface area contributed by atoms with Crippen molar-refractivity contribution in [3.63, 3.8) is 0 Å². The van der Waals surface area contributed by atoms with E-state index in [9.17, 15) is 4.79 Å². The normalized spacial score (nSPS) is 12.8. The molecule has 5 heteroatoms. The van der Waals surface area contributed by atoms with E-state index in [1.54, 1.807) is 14.0 Å². The summed E-state index contributed by atoms with van der Waals surface area (Å²) < 4.78 is 9.88. The maximum absolute atomic E-state index is 10.1. The summed E-state index contributed by atoms with van der Waals surface area (Å²) in [7, 11) is 1.58.